The number of ether oxygens (including phenoxy) is 2. The number of imidazole rings is 1. The van der Waals surface area contributed by atoms with Gasteiger partial charge in [0, 0.05) is 59.2 Å². The van der Waals surface area contributed by atoms with Crippen molar-refractivity contribution in [2.75, 3.05) is 18.1 Å². The summed E-state index contributed by atoms with van der Waals surface area (Å²) in [5.41, 5.74) is 2.19. The molecular formula is C50H57N3O14. The van der Waals surface area contributed by atoms with Crippen molar-refractivity contribution in [3.63, 3.8) is 0 Å². The van der Waals surface area contributed by atoms with Crippen molar-refractivity contribution in [2.45, 2.75) is 118 Å². The molecule has 3 aromatic carbocycles. The third-order valence-corrected chi connectivity index (χ3v) is 15.1. The van der Waals surface area contributed by atoms with Crippen LogP contribution in [0.3, 0.4) is 0 Å². The Bertz CT molecular complexity index is 2630. The van der Waals surface area contributed by atoms with Crippen LogP contribution >= 0.6 is 0 Å². The van der Waals surface area contributed by atoms with Gasteiger partial charge in [0.2, 0.25) is 0 Å². The second-order valence-electron chi connectivity index (χ2n) is 18.6. The van der Waals surface area contributed by atoms with Gasteiger partial charge in [-0.05, 0) is 104 Å². The van der Waals surface area contributed by atoms with Crippen LogP contribution in [-0.2, 0) is 39.0 Å². The number of rotatable bonds is 13. The van der Waals surface area contributed by atoms with Gasteiger partial charge in [0.15, 0.2) is 23.1 Å². The number of aliphatic hydroxyl groups is 6. The fraction of sp³-hybridized carbons (Fsp3) is 0.460. The molecule has 1 saturated carbocycles. The molecule has 2 aliphatic heterocycles. The van der Waals surface area contributed by atoms with E-state index in [1.165, 1.54) is 24.3 Å². The van der Waals surface area contributed by atoms with Crippen LogP contribution in [0, 0.1) is 11.8 Å². The first-order chi connectivity index (χ1) is 32.1. The Morgan fingerprint density at radius 2 is 1.79 bits per heavy atom. The van der Waals surface area contributed by atoms with Gasteiger partial charge in [0.05, 0.1) is 24.3 Å². The number of benzene rings is 3. The summed E-state index contributed by atoms with van der Waals surface area (Å²) >= 11 is 0. The molecule has 1 saturated heterocycles. The van der Waals surface area contributed by atoms with Crippen molar-refractivity contribution in [1.82, 2.24) is 9.97 Å². The van der Waals surface area contributed by atoms with Gasteiger partial charge in [-0.25, -0.2) is 9.78 Å². The molecule has 356 valence electrons. The number of hydrogen-bond acceptors (Lipinski definition) is 14. The predicted molar refractivity (Wildman–Crippen MR) is 240 cm³/mol. The number of nitrogens with one attached hydrogen (secondary N) is 1. The molecule has 3 aliphatic carbocycles. The third-order valence-electron chi connectivity index (χ3n) is 15.1. The summed E-state index contributed by atoms with van der Waals surface area (Å²) in [7, 11) is 0. The van der Waals surface area contributed by atoms with Gasteiger partial charge in [0.25, 0.3) is 5.91 Å². The molecule has 11 N–H and O–H groups in total. The summed E-state index contributed by atoms with van der Waals surface area (Å²) in [4.78, 5) is 38.3. The molecule has 67 heavy (non-hydrogen) atoms. The molecule has 9 rings (SSSR count). The molecule has 3 heterocycles. The van der Waals surface area contributed by atoms with E-state index in [1.807, 2.05) is 13.0 Å². The Labute approximate surface area is 385 Å². The zero-order valence-electron chi connectivity index (χ0n) is 37.0. The summed E-state index contributed by atoms with van der Waals surface area (Å²) < 4.78 is 11.1. The molecule has 17 nitrogen and oxygen atoms in total. The number of carbonyl (C=O) groups is 2. The van der Waals surface area contributed by atoms with Crippen molar-refractivity contribution in [3.8, 4) is 23.0 Å². The van der Waals surface area contributed by atoms with E-state index in [1.54, 1.807) is 36.7 Å². The number of aryl methyl sites for hydroxylation is 2. The van der Waals surface area contributed by atoms with Crippen LogP contribution in [0.1, 0.15) is 97.0 Å². The second kappa shape index (κ2) is 17.7. The largest absolute Gasteiger partial charge is 0.508 e. The SMILES string of the molecule is CCc1nc[nH]c1Cc1cc(C=CC(=O)N2c3cc(OC4(O)OC(CO)C(O)C(O)C4O)c(O)cc3C3C(C45CCCCC4CCc4cccc(O)c45)C(CCCO)=CC32C(=O)O)ccc1O. The molecule has 4 aromatic rings. The molecule has 0 bridgehead atoms. The van der Waals surface area contributed by atoms with E-state index >= 15 is 4.79 Å². The molecule has 2 fully saturated rings. The number of H-pyrrole nitrogens is 1. The van der Waals surface area contributed by atoms with Crippen molar-refractivity contribution in [3.05, 3.63) is 112 Å². The number of phenols is 3. The Kier molecular flexibility index (Phi) is 12.2. The number of aromatic nitrogens is 2. The summed E-state index contributed by atoms with van der Waals surface area (Å²) in [6.45, 7) is 0.847. The van der Waals surface area contributed by atoms with Gasteiger partial charge >= 0.3 is 11.9 Å². The zero-order chi connectivity index (χ0) is 47.6. The minimum atomic E-state index is -3.17. The van der Waals surface area contributed by atoms with Crippen molar-refractivity contribution in [1.29, 1.82) is 0 Å². The molecule has 1 aromatic heterocycles. The molecular weight excluding hydrogens is 867 g/mol. The monoisotopic (exact) mass is 923 g/mol. The van der Waals surface area contributed by atoms with Gasteiger partial charge in [-0.2, -0.15) is 0 Å². The maximum atomic E-state index is 15.2. The predicted octanol–water partition coefficient (Wildman–Crippen LogP) is 3.55. The number of allylic oxidation sites excluding steroid dienone is 1. The first kappa shape index (κ1) is 46.3. The van der Waals surface area contributed by atoms with Gasteiger partial charge < -0.3 is 65.5 Å². The normalized spacial score (nSPS) is 30.9. The number of hydrogen-bond donors (Lipinski definition) is 11. The van der Waals surface area contributed by atoms with E-state index in [9.17, 15) is 55.9 Å². The molecule has 0 spiro atoms. The number of carboxylic acid groups (broad SMARTS) is 1. The molecule has 10 atom stereocenters. The van der Waals surface area contributed by atoms with E-state index in [0.717, 1.165) is 59.2 Å². The van der Waals surface area contributed by atoms with E-state index < -0.39 is 83.2 Å². The Morgan fingerprint density at radius 3 is 2.54 bits per heavy atom. The lowest BCUT2D eigenvalue weighted by Crippen LogP contribution is -2.67. The van der Waals surface area contributed by atoms with Crippen LogP contribution < -0.4 is 9.64 Å². The minimum absolute atomic E-state index is 0.0160. The van der Waals surface area contributed by atoms with E-state index in [4.69, 9.17) is 9.47 Å². The van der Waals surface area contributed by atoms with E-state index in [-0.39, 0.29) is 48.1 Å². The minimum Gasteiger partial charge on any atom is -0.508 e. The lowest BCUT2D eigenvalue weighted by molar-refractivity contribution is -0.422. The lowest BCUT2D eigenvalue weighted by Gasteiger charge is -2.55. The summed E-state index contributed by atoms with van der Waals surface area (Å²) in [6, 6.07) is 12.6. The van der Waals surface area contributed by atoms with Gasteiger partial charge in [-0.15, -0.1) is 0 Å². The van der Waals surface area contributed by atoms with Crippen LogP contribution in [0.25, 0.3) is 6.08 Å². The number of aliphatic carboxylic acids is 1. The maximum Gasteiger partial charge on any atom is 0.355 e. The van der Waals surface area contributed by atoms with Gasteiger partial charge in [-0.1, -0.05) is 43.5 Å². The number of nitrogens with zero attached hydrogens (tertiary/aromatic N) is 2. The molecule has 5 aliphatic rings. The first-order valence-electron chi connectivity index (χ1n) is 23.0. The highest BCUT2D eigenvalue weighted by atomic mass is 16.8. The molecule has 10 unspecified atom stereocenters. The Balaban J connectivity index is 1.22. The quantitative estimate of drug-likeness (QED) is 0.0520. The Morgan fingerprint density at radius 1 is 0.985 bits per heavy atom. The average Bonchev–Trinajstić information content (AvgIpc) is 3.99. The highest BCUT2D eigenvalue weighted by Crippen LogP contribution is 2.69. The fourth-order valence-electron chi connectivity index (χ4n) is 12.3. The van der Waals surface area contributed by atoms with Crippen LogP contribution in [0.2, 0.25) is 0 Å². The average molecular weight is 924 g/mol. The third kappa shape index (κ3) is 7.38. The summed E-state index contributed by atoms with van der Waals surface area (Å²) in [5.74, 6) is -8.36. The first-order valence-corrected chi connectivity index (χ1v) is 23.0. The van der Waals surface area contributed by atoms with Crippen molar-refractivity contribution >= 4 is 23.6 Å². The summed E-state index contributed by atoms with van der Waals surface area (Å²) in [5, 5.41) is 110. The number of phenolic OH excluding ortho intramolecular Hbond substituents is 3. The number of aromatic hydroxyl groups is 3. The second-order valence-corrected chi connectivity index (χ2v) is 18.6. The number of carboxylic acids is 1. The molecule has 0 radical (unpaired) electrons. The van der Waals surface area contributed by atoms with E-state index in [0.29, 0.717) is 42.4 Å². The highest BCUT2D eigenvalue weighted by Gasteiger charge is 2.69. The lowest BCUT2D eigenvalue weighted by atomic mass is 9.48. The van der Waals surface area contributed by atoms with Crippen LogP contribution in [0.5, 0.6) is 23.0 Å². The van der Waals surface area contributed by atoms with Crippen LogP contribution in [0.15, 0.2) is 72.6 Å². The van der Waals surface area contributed by atoms with Crippen molar-refractivity contribution in [2.24, 2.45) is 11.8 Å². The number of carbonyl (C=O) groups excluding carboxylic acids is 1. The molecule has 17 heteroatoms. The number of anilines is 1. The van der Waals surface area contributed by atoms with Gasteiger partial charge in [0.1, 0.15) is 29.8 Å². The molecule has 1 amide bonds. The van der Waals surface area contributed by atoms with Crippen molar-refractivity contribution < 1.29 is 70.1 Å². The van der Waals surface area contributed by atoms with Gasteiger partial charge in [-0.3, -0.25) is 9.69 Å². The highest BCUT2D eigenvalue weighted by molar-refractivity contribution is 6.13. The number of amides is 1. The maximum absolute atomic E-state index is 15.2. The zero-order valence-corrected chi connectivity index (χ0v) is 37.0. The van der Waals surface area contributed by atoms with E-state index in [2.05, 4.69) is 9.97 Å². The smallest absolute Gasteiger partial charge is 0.355 e. The summed E-state index contributed by atoms with van der Waals surface area (Å²) in [6.07, 6.45) is 3.98. The number of aromatic amines is 1. The van der Waals surface area contributed by atoms with Crippen LogP contribution in [0.4, 0.5) is 5.69 Å². The topological polar surface area (TPSA) is 287 Å². The number of fused-ring (bicyclic) bond motifs is 6. The Hall–Kier alpha value is -5.79. The van der Waals surface area contributed by atoms with Crippen LogP contribution in [-0.4, -0.2) is 122 Å². The standard InChI is InChI=1S/C50H57N3O14/c1-2-32-33(52-25-51-32)20-29-19-26(11-15-35(29)56)12-16-40(59)53-34-22-38(66-50(65)46(62)45(61)44(60)39(24-55)67-50)37(58)21-31(34)43-42(28(8-6-18-54)23-49(43,53)47(63)64)48-17-4-3-9-30(48)14-13-27-7-5-10-36(57)41(27)48/h5,7,10-12,15-16,19,21-23,25,30,39,42-46,54-58,60-62,65H,2-4,6,8-9,13-14,17-18,20,24H2,1H3,(H,51,52)(H,63,64). The number of aliphatic hydroxyl groups excluding tert-OH is 5. The fourth-order valence-corrected chi connectivity index (χ4v) is 12.3.